The van der Waals surface area contributed by atoms with E-state index in [0.29, 0.717) is 18.4 Å². The zero-order chi connectivity index (χ0) is 29.2. The Labute approximate surface area is 237 Å². The summed E-state index contributed by atoms with van der Waals surface area (Å²) in [5.41, 5.74) is 9.30. The van der Waals surface area contributed by atoms with Crippen LogP contribution in [0, 0.1) is 18.8 Å². The Morgan fingerprint density at radius 3 is 2.63 bits per heavy atom. The molecule has 0 spiro atoms. The maximum Gasteiger partial charge on any atom is 0.255 e. The average Bonchev–Trinajstić information content (AvgIpc) is 3.46. The Hall–Kier alpha value is -4.49. The van der Waals surface area contributed by atoms with Crippen LogP contribution in [0.1, 0.15) is 46.3 Å². The van der Waals surface area contributed by atoms with Gasteiger partial charge in [-0.25, -0.2) is 0 Å². The fraction of sp³-hybridized carbons (Fsp3) is 0.265. The summed E-state index contributed by atoms with van der Waals surface area (Å²) in [6.45, 7) is 6.09. The van der Waals surface area contributed by atoms with E-state index in [4.69, 9.17) is 5.73 Å². The van der Waals surface area contributed by atoms with Crippen LogP contribution in [0.5, 0.6) is 0 Å². The van der Waals surface area contributed by atoms with Crippen molar-refractivity contribution >= 4 is 17.5 Å². The highest BCUT2D eigenvalue weighted by Gasteiger charge is 2.59. The standard InChI is InChI=1S/C34H31NO6/c1-17-10-11-24(21-9-5-6-19(13-21)12-18(2)20-7-3-4-8-20)25-15-22-14-23-16-26(36)29(33(35)40)32(39)34(23,41)31(38)28(22)30(37)27(17)25/h3-7,9-11,13,22-23,36,38,41H,2,8,12,14-16H2,1H3,(H2,35,40)/t22-,23+,34+/m0/s1. The van der Waals surface area contributed by atoms with E-state index < -0.39 is 52.0 Å². The minimum absolute atomic E-state index is 0.0152. The number of carbonyl (C=O) groups excluding carboxylic acids is 3. The molecule has 0 heterocycles. The largest absolute Gasteiger partial charge is 0.511 e. The zero-order valence-corrected chi connectivity index (χ0v) is 22.7. The molecule has 2 aromatic rings. The van der Waals surface area contributed by atoms with Crippen LogP contribution in [0.4, 0.5) is 0 Å². The third-order valence-electron chi connectivity index (χ3n) is 9.06. The van der Waals surface area contributed by atoms with Crippen molar-refractivity contribution in [2.75, 3.05) is 0 Å². The van der Waals surface area contributed by atoms with Crippen LogP contribution in [0.25, 0.3) is 11.1 Å². The van der Waals surface area contributed by atoms with Crippen molar-refractivity contribution in [1.29, 1.82) is 0 Å². The van der Waals surface area contributed by atoms with E-state index >= 15 is 0 Å². The van der Waals surface area contributed by atoms with Crippen LogP contribution in [0.15, 0.2) is 95.0 Å². The van der Waals surface area contributed by atoms with Crippen LogP contribution in [-0.2, 0) is 22.4 Å². The van der Waals surface area contributed by atoms with E-state index in [1.807, 2.05) is 37.3 Å². The van der Waals surface area contributed by atoms with Gasteiger partial charge in [-0.05, 0) is 77.5 Å². The number of amides is 1. The average molecular weight is 550 g/mol. The first-order valence-electron chi connectivity index (χ1n) is 13.7. The van der Waals surface area contributed by atoms with Gasteiger partial charge in [0.05, 0.1) is 0 Å². The second-order valence-corrected chi connectivity index (χ2v) is 11.5. The zero-order valence-electron chi connectivity index (χ0n) is 22.7. The van der Waals surface area contributed by atoms with Gasteiger partial charge < -0.3 is 21.1 Å². The van der Waals surface area contributed by atoms with Crippen LogP contribution in [0.2, 0.25) is 0 Å². The Kier molecular flexibility index (Phi) is 6.23. The van der Waals surface area contributed by atoms with Crippen molar-refractivity contribution in [1.82, 2.24) is 0 Å². The van der Waals surface area contributed by atoms with Crippen LogP contribution in [-0.4, -0.2) is 38.4 Å². The van der Waals surface area contributed by atoms with Gasteiger partial charge in [-0.2, -0.15) is 0 Å². The van der Waals surface area contributed by atoms with E-state index in [0.717, 1.165) is 39.8 Å². The summed E-state index contributed by atoms with van der Waals surface area (Å²) in [7, 11) is 0. The monoisotopic (exact) mass is 549 g/mol. The number of nitrogens with two attached hydrogens (primary N) is 1. The number of hydrogen-bond donors (Lipinski definition) is 4. The molecule has 1 amide bonds. The van der Waals surface area contributed by atoms with Crippen molar-refractivity contribution in [3.8, 4) is 11.1 Å². The van der Waals surface area contributed by atoms with Gasteiger partial charge in [-0.15, -0.1) is 0 Å². The maximum absolute atomic E-state index is 14.0. The van der Waals surface area contributed by atoms with E-state index in [1.54, 1.807) is 0 Å². The predicted octanol–water partition coefficient (Wildman–Crippen LogP) is 4.84. The number of Topliss-reactive ketones (excluding diaryl/α,β-unsaturated/α-hetero) is 2. The molecule has 0 saturated carbocycles. The Bertz CT molecular complexity index is 1700. The lowest BCUT2D eigenvalue weighted by molar-refractivity contribution is -0.144. The molecule has 5 N–H and O–H groups in total. The molecule has 2 aromatic carbocycles. The Morgan fingerprint density at radius 1 is 1.15 bits per heavy atom. The lowest BCUT2D eigenvalue weighted by atomic mass is 9.60. The number of aliphatic hydroxyl groups excluding tert-OH is 2. The number of fused-ring (bicyclic) bond motifs is 3. The molecule has 7 nitrogen and oxygen atoms in total. The van der Waals surface area contributed by atoms with Crippen molar-refractivity contribution in [2.24, 2.45) is 17.6 Å². The van der Waals surface area contributed by atoms with Crippen LogP contribution < -0.4 is 5.73 Å². The molecule has 41 heavy (non-hydrogen) atoms. The topological polar surface area (TPSA) is 138 Å². The number of primary amides is 1. The Morgan fingerprint density at radius 2 is 1.93 bits per heavy atom. The van der Waals surface area contributed by atoms with Gasteiger partial charge in [0.15, 0.2) is 11.4 Å². The Balaban J connectivity index is 1.41. The predicted molar refractivity (Wildman–Crippen MR) is 154 cm³/mol. The van der Waals surface area contributed by atoms with E-state index in [1.165, 1.54) is 5.57 Å². The minimum Gasteiger partial charge on any atom is -0.511 e. The fourth-order valence-electron chi connectivity index (χ4n) is 7.00. The molecule has 0 unspecified atom stereocenters. The third kappa shape index (κ3) is 4.03. The highest BCUT2D eigenvalue weighted by molar-refractivity contribution is 6.24. The van der Waals surface area contributed by atoms with Crippen LogP contribution >= 0.6 is 0 Å². The normalized spacial score (nSPS) is 25.1. The molecular weight excluding hydrogens is 518 g/mol. The number of carbonyl (C=O) groups is 3. The number of allylic oxidation sites excluding steroid dienone is 7. The summed E-state index contributed by atoms with van der Waals surface area (Å²) in [6, 6.07) is 12.0. The van der Waals surface area contributed by atoms with E-state index in [2.05, 4.69) is 30.9 Å². The molecule has 0 bridgehead atoms. The van der Waals surface area contributed by atoms with Gasteiger partial charge in [0, 0.05) is 23.5 Å². The van der Waals surface area contributed by atoms with Gasteiger partial charge in [0.2, 0.25) is 5.78 Å². The molecule has 0 saturated heterocycles. The molecule has 0 fully saturated rings. The van der Waals surface area contributed by atoms with Gasteiger partial charge in [0.25, 0.3) is 5.91 Å². The molecule has 0 aromatic heterocycles. The molecule has 3 atom stereocenters. The van der Waals surface area contributed by atoms with Crippen molar-refractivity contribution in [2.45, 2.75) is 44.6 Å². The van der Waals surface area contributed by atoms with E-state index in [-0.39, 0.29) is 18.4 Å². The summed E-state index contributed by atoms with van der Waals surface area (Å²) in [5, 5.41) is 33.2. The lowest BCUT2D eigenvalue weighted by Gasteiger charge is -2.45. The first kappa shape index (κ1) is 26.7. The van der Waals surface area contributed by atoms with Gasteiger partial charge in [-0.1, -0.05) is 61.2 Å². The highest BCUT2D eigenvalue weighted by Crippen LogP contribution is 2.51. The number of rotatable bonds is 5. The molecule has 4 aliphatic carbocycles. The quantitative estimate of drug-likeness (QED) is 0.394. The van der Waals surface area contributed by atoms with Gasteiger partial charge >= 0.3 is 0 Å². The lowest BCUT2D eigenvalue weighted by Crippen LogP contribution is -2.57. The van der Waals surface area contributed by atoms with Gasteiger partial charge in [0.1, 0.15) is 17.1 Å². The number of hydrogen-bond acceptors (Lipinski definition) is 6. The molecule has 0 aliphatic heterocycles. The minimum atomic E-state index is -2.50. The third-order valence-corrected chi connectivity index (χ3v) is 9.06. The smallest absolute Gasteiger partial charge is 0.255 e. The summed E-state index contributed by atoms with van der Waals surface area (Å²) in [4.78, 5) is 39.1. The number of benzene rings is 2. The molecule has 0 radical (unpaired) electrons. The first-order chi connectivity index (χ1) is 19.5. The molecule has 208 valence electrons. The van der Waals surface area contributed by atoms with Crippen LogP contribution in [0.3, 0.4) is 0 Å². The highest BCUT2D eigenvalue weighted by atomic mass is 16.3. The number of aryl methyl sites for hydroxylation is 1. The van der Waals surface area contributed by atoms with Crippen molar-refractivity contribution in [3.05, 3.63) is 117 Å². The number of aliphatic hydroxyl groups is 3. The first-order valence-corrected chi connectivity index (χ1v) is 13.7. The summed E-state index contributed by atoms with van der Waals surface area (Å²) < 4.78 is 0. The van der Waals surface area contributed by atoms with Gasteiger partial charge in [-0.3, -0.25) is 14.4 Å². The second-order valence-electron chi connectivity index (χ2n) is 11.5. The number of ketones is 2. The molecule has 4 aliphatic rings. The van der Waals surface area contributed by atoms with E-state index in [9.17, 15) is 29.7 Å². The molecule has 7 heteroatoms. The second kappa shape index (κ2) is 9.56. The molecular formula is C34H31NO6. The maximum atomic E-state index is 14.0. The SMILES string of the molecule is C=C(Cc1cccc(-c2ccc(C)c3c2C[C@@H]2C[C@@H]4CC(O)=C(C(N)=O)C(=O)[C@]4(O)C(O)=C2C3=O)c1)C1=CC=CC1. The summed E-state index contributed by atoms with van der Waals surface area (Å²) in [6.07, 6.45) is 8.18. The van der Waals surface area contributed by atoms with Crippen molar-refractivity contribution in [3.63, 3.8) is 0 Å². The fourth-order valence-corrected chi connectivity index (χ4v) is 7.00. The molecule has 6 rings (SSSR count). The summed E-state index contributed by atoms with van der Waals surface area (Å²) >= 11 is 0. The summed E-state index contributed by atoms with van der Waals surface area (Å²) in [5.74, 6) is -5.46. The van der Waals surface area contributed by atoms with Crippen molar-refractivity contribution < 1.29 is 29.7 Å².